The van der Waals surface area contributed by atoms with Gasteiger partial charge in [0.2, 0.25) is 0 Å². The van der Waals surface area contributed by atoms with Crippen LogP contribution in [0.1, 0.15) is 10.4 Å². The molecule has 0 radical (unpaired) electrons. The monoisotopic (exact) mass is 328 g/mol. The van der Waals surface area contributed by atoms with E-state index < -0.39 is 10.8 Å². The van der Waals surface area contributed by atoms with E-state index in [9.17, 15) is 14.9 Å². The van der Waals surface area contributed by atoms with Gasteiger partial charge in [0.15, 0.2) is 0 Å². The number of nitro benzene ring substituents is 1. The summed E-state index contributed by atoms with van der Waals surface area (Å²) < 4.78 is 5.30. The number of nitrogens with one attached hydrogen (secondary N) is 1. The summed E-state index contributed by atoms with van der Waals surface area (Å²) in [5, 5.41) is 13.6. The molecule has 1 fully saturated rings. The zero-order valence-electron chi connectivity index (χ0n) is 12.8. The molecule has 1 aromatic carbocycles. The van der Waals surface area contributed by atoms with Crippen LogP contribution in [0, 0.1) is 10.1 Å². The minimum absolute atomic E-state index is 0.0137. The maximum Gasteiger partial charge on any atom is 0.282 e. The van der Waals surface area contributed by atoms with Crippen molar-refractivity contribution in [1.29, 1.82) is 0 Å². The van der Waals surface area contributed by atoms with Crippen molar-refractivity contribution in [3.8, 4) is 0 Å². The Morgan fingerprint density at radius 3 is 2.62 bits per heavy atom. The van der Waals surface area contributed by atoms with Crippen LogP contribution in [0.25, 0.3) is 0 Å². The van der Waals surface area contributed by atoms with Crippen molar-refractivity contribution in [2.75, 3.05) is 36.5 Å². The molecule has 0 atom stereocenters. The summed E-state index contributed by atoms with van der Waals surface area (Å²) in [7, 11) is 0. The quantitative estimate of drug-likeness (QED) is 0.681. The average Bonchev–Trinajstić information content (AvgIpc) is 2.63. The van der Waals surface area contributed by atoms with Gasteiger partial charge in [-0.2, -0.15) is 0 Å². The smallest absolute Gasteiger partial charge is 0.282 e. The summed E-state index contributed by atoms with van der Waals surface area (Å²) in [6.45, 7) is 2.87. The highest BCUT2D eigenvalue weighted by atomic mass is 16.6. The number of aromatic nitrogens is 1. The fraction of sp³-hybridized carbons (Fsp3) is 0.250. The van der Waals surface area contributed by atoms with Crippen molar-refractivity contribution in [3.05, 3.63) is 58.3 Å². The van der Waals surface area contributed by atoms with Crippen molar-refractivity contribution < 1.29 is 14.5 Å². The summed E-state index contributed by atoms with van der Waals surface area (Å²) in [5.74, 6) is 0.269. The molecular formula is C16H16N4O4. The molecule has 1 aromatic heterocycles. The second-order valence-electron chi connectivity index (χ2n) is 5.23. The van der Waals surface area contributed by atoms with Gasteiger partial charge in [-0.1, -0.05) is 12.1 Å². The fourth-order valence-electron chi connectivity index (χ4n) is 2.46. The molecule has 2 aromatic rings. The second-order valence-corrected chi connectivity index (χ2v) is 5.23. The van der Waals surface area contributed by atoms with Crippen molar-refractivity contribution >= 4 is 23.1 Å². The van der Waals surface area contributed by atoms with Crippen molar-refractivity contribution in [2.24, 2.45) is 0 Å². The summed E-state index contributed by atoms with van der Waals surface area (Å²) in [4.78, 5) is 29.1. The molecule has 2 heterocycles. The van der Waals surface area contributed by atoms with Gasteiger partial charge in [0.25, 0.3) is 11.6 Å². The number of hydrogen-bond donors (Lipinski definition) is 1. The topological polar surface area (TPSA) is 97.6 Å². The van der Waals surface area contributed by atoms with E-state index in [1.807, 2.05) is 0 Å². The average molecular weight is 328 g/mol. The minimum Gasteiger partial charge on any atom is -0.378 e. The molecule has 24 heavy (non-hydrogen) atoms. The zero-order chi connectivity index (χ0) is 16.9. The molecule has 124 valence electrons. The molecule has 1 aliphatic rings. The molecule has 0 saturated carbocycles. The standard InChI is InChI=1S/C16H16N4O4/c21-16(13-3-1-2-4-14(13)20(22)23)18-12-5-6-15(17-11-12)19-7-9-24-10-8-19/h1-6,11H,7-10H2,(H,18,21). The van der Waals surface area contributed by atoms with E-state index in [-0.39, 0.29) is 11.3 Å². The summed E-state index contributed by atoms with van der Waals surface area (Å²) >= 11 is 0. The first-order valence-corrected chi connectivity index (χ1v) is 7.48. The number of rotatable bonds is 4. The number of carbonyl (C=O) groups is 1. The van der Waals surface area contributed by atoms with Crippen LogP contribution < -0.4 is 10.2 Å². The van der Waals surface area contributed by atoms with Gasteiger partial charge in [-0.3, -0.25) is 14.9 Å². The number of ether oxygens (including phenoxy) is 1. The van der Waals surface area contributed by atoms with E-state index in [0.717, 1.165) is 18.9 Å². The molecular weight excluding hydrogens is 312 g/mol. The van der Waals surface area contributed by atoms with E-state index in [1.165, 1.54) is 24.4 Å². The lowest BCUT2D eigenvalue weighted by Gasteiger charge is -2.27. The first kappa shape index (κ1) is 15.9. The number of hydrogen-bond acceptors (Lipinski definition) is 6. The summed E-state index contributed by atoms with van der Waals surface area (Å²) in [5.41, 5.74) is 0.266. The minimum atomic E-state index is -0.575. The van der Waals surface area contributed by atoms with E-state index in [0.29, 0.717) is 18.9 Å². The van der Waals surface area contributed by atoms with Gasteiger partial charge in [-0.25, -0.2) is 4.98 Å². The highest BCUT2D eigenvalue weighted by molar-refractivity contribution is 6.06. The van der Waals surface area contributed by atoms with Crippen molar-refractivity contribution in [2.45, 2.75) is 0 Å². The number of pyridine rings is 1. The van der Waals surface area contributed by atoms with Crippen LogP contribution in [-0.2, 0) is 4.74 Å². The highest BCUT2D eigenvalue weighted by Gasteiger charge is 2.19. The van der Waals surface area contributed by atoms with Crippen LogP contribution in [0.2, 0.25) is 0 Å². The Bertz CT molecular complexity index is 742. The Labute approximate surface area is 138 Å². The van der Waals surface area contributed by atoms with Gasteiger partial charge in [-0.05, 0) is 18.2 Å². The van der Waals surface area contributed by atoms with Crippen LogP contribution in [0.15, 0.2) is 42.6 Å². The van der Waals surface area contributed by atoms with Crippen LogP contribution in [0.4, 0.5) is 17.2 Å². The summed E-state index contributed by atoms with van der Waals surface area (Å²) in [6.07, 6.45) is 1.54. The van der Waals surface area contributed by atoms with E-state index in [4.69, 9.17) is 4.74 Å². The maximum atomic E-state index is 12.3. The molecule has 0 aliphatic carbocycles. The lowest BCUT2D eigenvalue weighted by molar-refractivity contribution is -0.385. The molecule has 1 saturated heterocycles. The van der Waals surface area contributed by atoms with E-state index in [2.05, 4.69) is 15.2 Å². The van der Waals surface area contributed by atoms with Gasteiger partial charge in [-0.15, -0.1) is 0 Å². The van der Waals surface area contributed by atoms with Crippen molar-refractivity contribution in [3.63, 3.8) is 0 Å². The molecule has 8 nitrogen and oxygen atoms in total. The Morgan fingerprint density at radius 1 is 1.21 bits per heavy atom. The van der Waals surface area contributed by atoms with Gasteiger partial charge in [0, 0.05) is 19.2 Å². The third-order valence-corrected chi connectivity index (χ3v) is 3.69. The number of carbonyl (C=O) groups excluding carboxylic acids is 1. The van der Waals surface area contributed by atoms with Crippen LogP contribution in [0.3, 0.4) is 0 Å². The first-order valence-electron chi connectivity index (χ1n) is 7.48. The number of nitro groups is 1. The fourth-order valence-corrected chi connectivity index (χ4v) is 2.46. The van der Waals surface area contributed by atoms with Gasteiger partial charge in [0.05, 0.1) is 30.0 Å². The van der Waals surface area contributed by atoms with E-state index >= 15 is 0 Å². The lowest BCUT2D eigenvalue weighted by atomic mass is 10.1. The van der Waals surface area contributed by atoms with Crippen LogP contribution in [0.5, 0.6) is 0 Å². The summed E-state index contributed by atoms with van der Waals surface area (Å²) in [6, 6.07) is 9.36. The molecule has 1 aliphatic heterocycles. The first-order chi connectivity index (χ1) is 11.6. The number of nitrogens with zero attached hydrogens (tertiary/aromatic N) is 3. The molecule has 0 unspecified atom stereocenters. The number of amides is 1. The number of anilines is 2. The molecule has 8 heteroatoms. The van der Waals surface area contributed by atoms with Crippen LogP contribution >= 0.6 is 0 Å². The Balaban J connectivity index is 1.72. The molecule has 1 N–H and O–H groups in total. The zero-order valence-corrected chi connectivity index (χ0v) is 12.8. The molecule has 1 amide bonds. The number of para-hydroxylation sites is 1. The second kappa shape index (κ2) is 7.05. The molecule has 0 bridgehead atoms. The third-order valence-electron chi connectivity index (χ3n) is 3.69. The van der Waals surface area contributed by atoms with Gasteiger partial charge in [0.1, 0.15) is 11.4 Å². The Kier molecular flexibility index (Phi) is 4.66. The highest BCUT2D eigenvalue weighted by Crippen LogP contribution is 2.20. The predicted octanol–water partition coefficient (Wildman–Crippen LogP) is 2.08. The SMILES string of the molecule is O=C(Nc1ccc(N2CCOCC2)nc1)c1ccccc1[N+](=O)[O-]. The molecule has 3 rings (SSSR count). The maximum absolute atomic E-state index is 12.3. The Morgan fingerprint density at radius 2 is 1.96 bits per heavy atom. The Hall–Kier alpha value is -3.00. The predicted molar refractivity (Wildman–Crippen MR) is 88.3 cm³/mol. The van der Waals surface area contributed by atoms with Gasteiger partial charge >= 0.3 is 0 Å². The largest absolute Gasteiger partial charge is 0.378 e. The number of morpholine rings is 1. The van der Waals surface area contributed by atoms with Crippen LogP contribution in [-0.4, -0.2) is 42.1 Å². The number of benzene rings is 1. The molecule has 0 spiro atoms. The lowest BCUT2D eigenvalue weighted by Crippen LogP contribution is -2.36. The van der Waals surface area contributed by atoms with Crippen molar-refractivity contribution in [1.82, 2.24) is 4.98 Å². The normalized spacial score (nSPS) is 14.2. The third kappa shape index (κ3) is 3.49. The van der Waals surface area contributed by atoms with Gasteiger partial charge < -0.3 is 15.0 Å². The van der Waals surface area contributed by atoms with E-state index in [1.54, 1.807) is 18.2 Å².